The Balaban J connectivity index is 1.69. The van der Waals surface area contributed by atoms with Crippen LogP contribution in [0.1, 0.15) is 38.2 Å². The van der Waals surface area contributed by atoms with Crippen LogP contribution in [0.15, 0.2) is 59.5 Å². The first-order chi connectivity index (χ1) is 14.0. The molecule has 1 fully saturated rings. The first kappa shape index (κ1) is 21.7. The quantitative estimate of drug-likeness (QED) is 0.605. The van der Waals surface area contributed by atoms with Crippen molar-refractivity contribution in [1.82, 2.24) is 10.2 Å². The maximum Gasteiger partial charge on any atom is 0.242 e. The third-order valence-corrected chi connectivity index (χ3v) is 6.49. The second-order valence-corrected chi connectivity index (χ2v) is 8.90. The van der Waals surface area contributed by atoms with Gasteiger partial charge in [0, 0.05) is 22.5 Å². The van der Waals surface area contributed by atoms with Gasteiger partial charge in [-0.05, 0) is 49.6 Å². The first-order valence-electron chi connectivity index (χ1n) is 10.0. The van der Waals surface area contributed by atoms with Gasteiger partial charge in [0.1, 0.15) is 6.04 Å². The fraction of sp³-hybridized carbons (Fsp3) is 0.391. The van der Waals surface area contributed by atoms with Gasteiger partial charge in [-0.25, -0.2) is 0 Å². The number of amides is 2. The minimum Gasteiger partial charge on any atom is -0.352 e. The summed E-state index contributed by atoms with van der Waals surface area (Å²) in [5.41, 5.74) is 0.952. The van der Waals surface area contributed by atoms with E-state index in [1.54, 1.807) is 4.90 Å². The van der Waals surface area contributed by atoms with Crippen molar-refractivity contribution < 1.29 is 9.59 Å². The molecule has 2 amide bonds. The number of hydrogen-bond acceptors (Lipinski definition) is 3. The van der Waals surface area contributed by atoms with E-state index in [4.69, 9.17) is 11.6 Å². The van der Waals surface area contributed by atoms with Gasteiger partial charge >= 0.3 is 0 Å². The average molecular weight is 431 g/mol. The van der Waals surface area contributed by atoms with E-state index in [0.717, 1.165) is 36.1 Å². The molecule has 154 valence electrons. The van der Waals surface area contributed by atoms with Gasteiger partial charge in [-0.15, -0.1) is 11.8 Å². The van der Waals surface area contributed by atoms with E-state index >= 15 is 0 Å². The molecule has 1 atom stereocenters. The van der Waals surface area contributed by atoms with E-state index in [-0.39, 0.29) is 17.9 Å². The van der Waals surface area contributed by atoms with Crippen LogP contribution in [-0.4, -0.2) is 34.6 Å². The Morgan fingerprint density at radius 2 is 1.76 bits per heavy atom. The lowest BCUT2D eigenvalue weighted by Crippen LogP contribution is -2.50. The molecule has 0 spiro atoms. The highest BCUT2D eigenvalue weighted by Crippen LogP contribution is 2.21. The molecule has 1 aliphatic carbocycles. The first-order valence-corrected chi connectivity index (χ1v) is 11.4. The highest BCUT2D eigenvalue weighted by atomic mass is 35.5. The molecule has 1 aliphatic rings. The molecular weight excluding hydrogens is 404 g/mol. The lowest BCUT2D eigenvalue weighted by atomic mass is 10.1. The van der Waals surface area contributed by atoms with Gasteiger partial charge in [0.2, 0.25) is 11.8 Å². The number of thioether (sulfide) groups is 1. The van der Waals surface area contributed by atoms with Gasteiger partial charge in [0.05, 0.1) is 5.75 Å². The van der Waals surface area contributed by atoms with Crippen LogP contribution in [0.5, 0.6) is 0 Å². The molecule has 0 heterocycles. The molecule has 1 N–H and O–H groups in total. The molecule has 0 bridgehead atoms. The van der Waals surface area contributed by atoms with Crippen molar-refractivity contribution in [2.45, 2.75) is 56.1 Å². The summed E-state index contributed by atoms with van der Waals surface area (Å²) in [5, 5.41) is 3.77. The van der Waals surface area contributed by atoms with Crippen LogP contribution in [0.3, 0.4) is 0 Å². The number of rotatable bonds is 8. The summed E-state index contributed by atoms with van der Waals surface area (Å²) in [6.45, 7) is 2.19. The number of hydrogen-bond donors (Lipinski definition) is 1. The SMILES string of the molecule is CC(C(=O)NC1CCCC1)N(Cc1ccc(Cl)cc1)C(=O)CSc1ccccc1. The third kappa shape index (κ3) is 6.51. The fourth-order valence-corrected chi connectivity index (χ4v) is 4.44. The molecule has 0 aromatic heterocycles. The van der Waals surface area contributed by atoms with Crippen LogP contribution < -0.4 is 5.32 Å². The molecule has 0 radical (unpaired) electrons. The average Bonchev–Trinajstić information content (AvgIpc) is 3.25. The maximum absolute atomic E-state index is 13.1. The molecule has 0 saturated heterocycles. The Hall–Kier alpha value is -1.98. The number of nitrogens with zero attached hydrogens (tertiary/aromatic N) is 1. The molecule has 3 rings (SSSR count). The number of carbonyl (C=O) groups is 2. The second-order valence-electron chi connectivity index (χ2n) is 7.42. The molecule has 4 nitrogen and oxygen atoms in total. The topological polar surface area (TPSA) is 49.4 Å². The largest absolute Gasteiger partial charge is 0.352 e. The molecule has 29 heavy (non-hydrogen) atoms. The number of nitrogens with one attached hydrogen (secondary N) is 1. The van der Waals surface area contributed by atoms with E-state index in [9.17, 15) is 9.59 Å². The van der Waals surface area contributed by atoms with Gasteiger partial charge in [-0.3, -0.25) is 9.59 Å². The zero-order chi connectivity index (χ0) is 20.6. The predicted octanol–water partition coefficient (Wildman–Crippen LogP) is 4.91. The summed E-state index contributed by atoms with van der Waals surface area (Å²) >= 11 is 7.48. The summed E-state index contributed by atoms with van der Waals surface area (Å²) in [5.74, 6) is 0.158. The van der Waals surface area contributed by atoms with Gasteiger partial charge in [-0.1, -0.05) is 54.8 Å². The van der Waals surface area contributed by atoms with Crippen LogP contribution in [0.25, 0.3) is 0 Å². The van der Waals surface area contributed by atoms with Crippen LogP contribution in [0.4, 0.5) is 0 Å². The monoisotopic (exact) mass is 430 g/mol. The Morgan fingerprint density at radius 3 is 2.41 bits per heavy atom. The van der Waals surface area contributed by atoms with Crippen molar-refractivity contribution in [3.05, 3.63) is 65.2 Å². The van der Waals surface area contributed by atoms with E-state index in [2.05, 4.69) is 5.32 Å². The van der Waals surface area contributed by atoms with Crippen molar-refractivity contribution >= 4 is 35.2 Å². The summed E-state index contributed by atoms with van der Waals surface area (Å²) in [4.78, 5) is 28.6. The van der Waals surface area contributed by atoms with Gasteiger partial charge < -0.3 is 10.2 Å². The van der Waals surface area contributed by atoms with Crippen LogP contribution in [0.2, 0.25) is 5.02 Å². The van der Waals surface area contributed by atoms with Gasteiger partial charge in [-0.2, -0.15) is 0 Å². The van der Waals surface area contributed by atoms with Gasteiger partial charge in [0.25, 0.3) is 0 Å². The Morgan fingerprint density at radius 1 is 1.10 bits per heavy atom. The minimum atomic E-state index is -0.532. The summed E-state index contributed by atoms with van der Waals surface area (Å²) in [6, 6.07) is 16.9. The second kappa shape index (κ2) is 10.7. The van der Waals surface area contributed by atoms with E-state index in [1.807, 2.05) is 61.5 Å². The molecule has 2 aromatic rings. The Bertz CT molecular complexity index is 807. The Kier molecular flexibility index (Phi) is 8.01. The van der Waals surface area contributed by atoms with Crippen LogP contribution >= 0.6 is 23.4 Å². The molecule has 1 unspecified atom stereocenters. The standard InChI is InChI=1S/C23H27ClN2O2S/c1-17(23(28)25-20-7-5-6-8-20)26(15-18-11-13-19(24)14-12-18)22(27)16-29-21-9-3-2-4-10-21/h2-4,9-14,17,20H,5-8,15-16H2,1H3,(H,25,28). The number of carbonyl (C=O) groups excluding carboxylic acids is 2. The zero-order valence-electron chi connectivity index (χ0n) is 16.6. The molecule has 1 saturated carbocycles. The molecule has 6 heteroatoms. The lowest BCUT2D eigenvalue weighted by molar-refractivity contribution is -0.138. The van der Waals surface area contributed by atoms with E-state index in [1.165, 1.54) is 11.8 Å². The number of benzene rings is 2. The highest BCUT2D eigenvalue weighted by Gasteiger charge is 2.28. The Labute approximate surface area is 182 Å². The van der Waals surface area contributed by atoms with Crippen molar-refractivity contribution in [3.8, 4) is 0 Å². The molecule has 2 aromatic carbocycles. The molecular formula is C23H27ClN2O2S. The third-order valence-electron chi connectivity index (χ3n) is 5.24. The summed E-state index contributed by atoms with van der Waals surface area (Å²) in [7, 11) is 0. The van der Waals surface area contributed by atoms with E-state index in [0.29, 0.717) is 17.3 Å². The highest BCUT2D eigenvalue weighted by molar-refractivity contribution is 8.00. The lowest BCUT2D eigenvalue weighted by Gasteiger charge is -2.29. The van der Waals surface area contributed by atoms with Crippen molar-refractivity contribution in [2.24, 2.45) is 0 Å². The van der Waals surface area contributed by atoms with Crippen molar-refractivity contribution in [3.63, 3.8) is 0 Å². The smallest absolute Gasteiger partial charge is 0.242 e. The summed E-state index contributed by atoms with van der Waals surface area (Å²) < 4.78 is 0. The van der Waals surface area contributed by atoms with Crippen molar-refractivity contribution in [1.29, 1.82) is 0 Å². The predicted molar refractivity (Wildman–Crippen MR) is 119 cm³/mol. The number of halogens is 1. The zero-order valence-corrected chi connectivity index (χ0v) is 18.2. The maximum atomic E-state index is 13.1. The van der Waals surface area contributed by atoms with Crippen molar-refractivity contribution in [2.75, 3.05) is 5.75 Å². The van der Waals surface area contributed by atoms with Crippen LogP contribution in [-0.2, 0) is 16.1 Å². The summed E-state index contributed by atoms with van der Waals surface area (Å²) in [6.07, 6.45) is 4.35. The van der Waals surface area contributed by atoms with Gasteiger partial charge in [0.15, 0.2) is 0 Å². The minimum absolute atomic E-state index is 0.0529. The normalized spacial score (nSPS) is 15.1. The van der Waals surface area contributed by atoms with Crippen LogP contribution in [0, 0.1) is 0 Å². The van der Waals surface area contributed by atoms with E-state index < -0.39 is 6.04 Å². The molecule has 0 aliphatic heterocycles. The fourth-order valence-electron chi connectivity index (χ4n) is 3.51.